The largest absolute Gasteiger partial charge is 0.466 e. The number of ether oxygens (including phenoxy) is 1. The first-order valence-electron chi connectivity index (χ1n) is 7.18. The van der Waals surface area contributed by atoms with Gasteiger partial charge in [-0.15, -0.1) is 0 Å². The van der Waals surface area contributed by atoms with E-state index >= 15 is 0 Å². The molecule has 2 nitrogen and oxygen atoms in total. The van der Waals surface area contributed by atoms with E-state index in [1.165, 1.54) is 12.1 Å². The van der Waals surface area contributed by atoms with Gasteiger partial charge in [-0.25, -0.2) is 4.79 Å². The van der Waals surface area contributed by atoms with E-state index < -0.39 is 40.6 Å². The summed E-state index contributed by atoms with van der Waals surface area (Å²) in [7, 11) is 1.10. The van der Waals surface area contributed by atoms with Crippen LogP contribution in [0.5, 0.6) is 0 Å². The maximum absolute atomic E-state index is 13.4. The number of hydrogen-bond acceptors (Lipinski definition) is 2. The Bertz CT molecular complexity index is 834. The van der Waals surface area contributed by atoms with Crippen molar-refractivity contribution in [2.45, 2.75) is 12.4 Å². The van der Waals surface area contributed by atoms with Gasteiger partial charge in [-0.1, -0.05) is 30.3 Å². The van der Waals surface area contributed by atoms with Crippen molar-refractivity contribution in [2.24, 2.45) is 0 Å². The third-order valence-electron chi connectivity index (χ3n) is 3.48. The van der Waals surface area contributed by atoms with E-state index in [2.05, 4.69) is 4.74 Å². The van der Waals surface area contributed by atoms with Crippen molar-refractivity contribution in [3.05, 3.63) is 65.2 Å². The zero-order chi connectivity index (χ0) is 19.5. The second-order valence-corrected chi connectivity index (χ2v) is 5.20. The van der Waals surface area contributed by atoms with Gasteiger partial charge >= 0.3 is 18.3 Å². The van der Waals surface area contributed by atoms with Crippen molar-refractivity contribution >= 4 is 12.0 Å². The Morgan fingerprint density at radius 3 is 2.04 bits per heavy atom. The molecule has 138 valence electrons. The van der Waals surface area contributed by atoms with E-state index in [0.717, 1.165) is 43.5 Å². The minimum absolute atomic E-state index is 0.00374. The number of halogens is 6. The van der Waals surface area contributed by atoms with Gasteiger partial charge in [-0.2, -0.15) is 26.3 Å². The van der Waals surface area contributed by atoms with Gasteiger partial charge < -0.3 is 4.74 Å². The SMILES string of the molecule is COC(=O)/C=C/c1ccc(-c2ccccc2C(F)(F)F)c(C(F)(F)F)c1. The number of methoxy groups -OCH3 is 1. The number of carbonyl (C=O) groups is 1. The summed E-state index contributed by atoms with van der Waals surface area (Å²) in [6.07, 6.45) is -7.69. The van der Waals surface area contributed by atoms with Crippen LogP contribution in [0.4, 0.5) is 26.3 Å². The summed E-state index contributed by atoms with van der Waals surface area (Å²) in [4.78, 5) is 11.1. The predicted molar refractivity (Wildman–Crippen MR) is 82.9 cm³/mol. The second kappa shape index (κ2) is 7.23. The average molecular weight is 374 g/mol. The molecule has 0 bridgehead atoms. The molecule has 0 aromatic heterocycles. The summed E-state index contributed by atoms with van der Waals surface area (Å²) in [5.74, 6) is -0.773. The molecule has 0 aliphatic carbocycles. The third kappa shape index (κ3) is 4.44. The van der Waals surface area contributed by atoms with E-state index in [-0.39, 0.29) is 5.56 Å². The van der Waals surface area contributed by atoms with Crippen molar-refractivity contribution in [1.82, 2.24) is 0 Å². The molecule has 2 aromatic rings. The summed E-state index contributed by atoms with van der Waals surface area (Å²) in [5.41, 5.74) is -3.57. The van der Waals surface area contributed by atoms with E-state index in [0.29, 0.717) is 6.07 Å². The first-order chi connectivity index (χ1) is 12.0. The van der Waals surface area contributed by atoms with Crippen molar-refractivity contribution in [1.29, 1.82) is 0 Å². The molecule has 2 aromatic carbocycles. The first-order valence-corrected chi connectivity index (χ1v) is 7.18. The molecule has 0 N–H and O–H groups in total. The first kappa shape index (κ1) is 19.6. The molecular weight excluding hydrogens is 362 g/mol. The molecule has 2 rings (SSSR count). The fourth-order valence-electron chi connectivity index (χ4n) is 2.33. The van der Waals surface area contributed by atoms with Gasteiger partial charge in [0.25, 0.3) is 0 Å². The molecule has 0 aliphatic rings. The molecular formula is C18H12F6O2. The topological polar surface area (TPSA) is 26.3 Å². The van der Waals surface area contributed by atoms with Crippen LogP contribution in [0.2, 0.25) is 0 Å². The van der Waals surface area contributed by atoms with Crippen LogP contribution in [0.1, 0.15) is 16.7 Å². The van der Waals surface area contributed by atoms with Crippen LogP contribution < -0.4 is 0 Å². The predicted octanol–water partition coefficient (Wildman–Crippen LogP) is 5.58. The van der Waals surface area contributed by atoms with Gasteiger partial charge in [0, 0.05) is 6.08 Å². The van der Waals surface area contributed by atoms with E-state index in [9.17, 15) is 31.1 Å². The van der Waals surface area contributed by atoms with Crippen molar-refractivity contribution in [2.75, 3.05) is 7.11 Å². The van der Waals surface area contributed by atoms with Crippen molar-refractivity contribution < 1.29 is 35.9 Å². The van der Waals surface area contributed by atoms with Gasteiger partial charge in [-0.3, -0.25) is 0 Å². The zero-order valence-corrected chi connectivity index (χ0v) is 13.3. The molecule has 0 fully saturated rings. The Balaban J connectivity index is 2.64. The molecule has 0 spiro atoms. The second-order valence-electron chi connectivity index (χ2n) is 5.20. The monoisotopic (exact) mass is 374 g/mol. The standard InChI is InChI=1S/C18H12F6O2/c1-26-16(25)9-7-11-6-8-13(15(10-11)18(22,23)24)12-4-2-3-5-14(12)17(19,20)21/h2-10H,1H3/b9-7+. The lowest BCUT2D eigenvalue weighted by Crippen LogP contribution is -2.11. The molecule has 8 heteroatoms. The Hall–Kier alpha value is -2.77. The molecule has 0 saturated heterocycles. The normalized spacial score (nSPS) is 12.4. The minimum atomic E-state index is -4.89. The fraction of sp³-hybridized carbons (Fsp3) is 0.167. The highest BCUT2D eigenvalue weighted by Gasteiger charge is 2.38. The molecule has 0 atom stereocenters. The van der Waals surface area contributed by atoms with Crippen LogP contribution in [-0.2, 0) is 21.9 Å². The number of esters is 1. The quantitative estimate of drug-likeness (QED) is 0.398. The number of alkyl halides is 6. The highest BCUT2D eigenvalue weighted by atomic mass is 19.4. The molecule has 0 radical (unpaired) electrons. The van der Waals surface area contributed by atoms with Crippen molar-refractivity contribution in [3.63, 3.8) is 0 Å². The highest BCUT2D eigenvalue weighted by molar-refractivity contribution is 5.87. The van der Waals surface area contributed by atoms with Crippen LogP contribution in [0, 0.1) is 0 Å². The van der Waals surface area contributed by atoms with E-state index in [1.54, 1.807) is 0 Å². The number of benzene rings is 2. The summed E-state index contributed by atoms with van der Waals surface area (Å²) in [6.45, 7) is 0. The van der Waals surface area contributed by atoms with Crippen LogP contribution in [0.25, 0.3) is 17.2 Å². The van der Waals surface area contributed by atoms with Crippen LogP contribution in [0.15, 0.2) is 48.5 Å². The van der Waals surface area contributed by atoms with Gasteiger partial charge in [-0.05, 0) is 34.9 Å². The Labute approximate surface area is 144 Å². The summed E-state index contributed by atoms with van der Waals surface area (Å²) >= 11 is 0. The lowest BCUT2D eigenvalue weighted by atomic mass is 9.93. The molecule has 0 amide bonds. The molecule has 0 unspecified atom stereocenters. The summed E-state index contributed by atoms with van der Waals surface area (Å²) < 4.78 is 84.0. The number of rotatable bonds is 3. The van der Waals surface area contributed by atoms with Crippen LogP contribution in [0.3, 0.4) is 0 Å². The maximum Gasteiger partial charge on any atom is 0.417 e. The maximum atomic E-state index is 13.4. The van der Waals surface area contributed by atoms with E-state index in [1.807, 2.05) is 0 Å². The Kier molecular flexibility index (Phi) is 5.44. The average Bonchev–Trinajstić information content (AvgIpc) is 2.58. The lowest BCUT2D eigenvalue weighted by Gasteiger charge is -2.18. The molecule has 0 saturated carbocycles. The Morgan fingerprint density at radius 2 is 1.46 bits per heavy atom. The van der Waals surface area contributed by atoms with Gasteiger partial charge in [0.2, 0.25) is 0 Å². The summed E-state index contributed by atoms with van der Waals surface area (Å²) in [5, 5.41) is 0. The number of hydrogen-bond donors (Lipinski definition) is 0. The third-order valence-corrected chi connectivity index (χ3v) is 3.48. The van der Waals surface area contributed by atoms with Crippen molar-refractivity contribution in [3.8, 4) is 11.1 Å². The fourth-order valence-corrected chi connectivity index (χ4v) is 2.33. The molecule has 0 heterocycles. The number of carbonyl (C=O) groups excluding carboxylic acids is 1. The van der Waals surface area contributed by atoms with Crippen LogP contribution in [-0.4, -0.2) is 13.1 Å². The lowest BCUT2D eigenvalue weighted by molar-refractivity contribution is -0.139. The Morgan fingerprint density at radius 1 is 0.885 bits per heavy atom. The highest BCUT2D eigenvalue weighted by Crippen LogP contribution is 2.42. The zero-order valence-electron chi connectivity index (χ0n) is 13.3. The summed E-state index contributed by atoms with van der Waals surface area (Å²) in [6, 6.07) is 6.87. The van der Waals surface area contributed by atoms with Crippen LogP contribution >= 0.6 is 0 Å². The molecule has 26 heavy (non-hydrogen) atoms. The molecule has 0 aliphatic heterocycles. The van der Waals surface area contributed by atoms with E-state index in [4.69, 9.17) is 0 Å². The van der Waals surface area contributed by atoms with Gasteiger partial charge in [0.1, 0.15) is 0 Å². The minimum Gasteiger partial charge on any atom is -0.466 e. The smallest absolute Gasteiger partial charge is 0.417 e. The van der Waals surface area contributed by atoms with Gasteiger partial charge in [0.05, 0.1) is 18.2 Å². The van der Waals surface area contributed by atoms with Gasteiger partial charge in [0.15, 0.2) is 0 Å².